The summed E-state index contributed by atoms with van der Waals surface area (Å²) in [6.45, 7) is 0. The van der Waals surface area contributed by atoms with E-state index in [0.717, 1.165) is 46.9 Å². The minimum atomic E-state index is -0.117. The number of ether oxygens (including phenoxy) is 2. The third-order valence-electron chi connectivity index (χ3n) is 16.5. The van der Waals surface area contributed by atoms with Crippen LogP contribution in [0, 0.1) is 11.8 Å². The number of para-hydroxylation sites is 1. The summed E-state index contributed by atoms with van der Waals surface area (Å²) in [5.74, 6) is 1.83. The molecule has 5 nitrogen and oxygen atoms in total. The normalized spacial score (nSPS) is 56.6. The summed E-state index contributed by atoms with van der Waals surface area (Å²) >= 11 is 0. The molecule has 5 aliphatic heterocycles. The average Bonchev–Trinajstić information content (AvgIpc) is 3.12. The molecule has 6 saturated carbocycles. The highest BCUT2D eigenvalue weighted by molar-refractivity contribution is 7.60. The van der Waals surface area contributed by atoms with Gasteiger partial charge in [-0.3, -0.25) is 9.80 Å². The number of hydrogen-bond acceptors (Lipinski definition) is 5. The highest BCUT2D eigenvalue weighted by atomic mass is 31.1. The van der Waals surface area contributed by atoms with Crippen LogP contribution in [0.3, 0.4) is 0 Å². The van der Waals surface area contributed by atoms with E-state index in [2.05, 4.69) is 45.0 Å². The molecule has 0 aromatic heterocycles. The first-order valence-corrected chi connectivity index (χ1v) is 21.9. The van der Waals surface area contributed by atoms with Gasteiger partial charge in [0.15, 0.2) is 0 Å². The molecule has 5 saturated heterocycles. The van der Waals surface area contributed by atoms with Gasteiger partial charge in [0.2, 0.25) is 0 Å². The summed E-state index contributed by atoms with van der Waals surface area (Å²) in [6, 6.07) is 17.7. The topological polar surface area (TPSA) is 28.2 Å². The van der Waals surface area contributed by atoms with E-state index in [1.54, 1.807) is 5.69 Å². The summed E-state index contributed by atoms with van der Waals surface area (Å²) in [5.41, 5.74) is 4.12. The minimum Gasteiger partial charge on any atom is -0.372 e. The van der Waals surface area contributed by atoms with Gasteiger partial charge in [0.1, 0.15) is 0 Å². The zero-order valence-corrected chi connectivity index (χ0v) is 28.7. The van der Waals surface area contributed by atoms with Gasteiger partial charge in [-0.15, -0.1) is 0 Å². The van der Waals surface area contributed by atoms with Gasteiger partial charge in [0.05, 0.1) is 24.4 Å². The Hall–Kier alpha value is -0.710. The number of rotatable bonds is 1. The molecule has 18 atom stereocenters. The Morgan fingerprint density at radius 2 is 1.09 bits per heavy atom. The van der Waals surface area contributed by atoms with Crippen molar-refractivity contribution in [1.82, 2.24) is 9.80 Å². The van der Waals surface area contributed by atoms with Gasteiger partial charge in [0.25, 0.3) is 0 Å². The molecule has 0 bridgehead atoms. The summed E-state index contributed by atoms with van der Waals surface area (Å²) in [4.78, 5) is 9.86. The summed E-state index contributed by atoms with van der Waals surface area (Å²) < 4.78 is 14.7. The standard InChI is InChI=1S/C40H56N3O2P/c1-2-11-24(12-3-1)41-28-18-20-33-36-38(28)46-39-29(42(36)26-14-6-8-16-31(26)44-33)19-21-34-37(39)43(27-15-7-9-17-32(27)45-34)30-22-23-10-4-5-13-25(23)35(41)40(30)46/h1-3,11-12,23,25-40H,4-10,13-22H2. The van der Waals surface area contributed by atoms with Gasteiger partial charge in [-0.05, 0) is 88.2 Å². The zero-order chi connectivity index (χ0) is 29.7. The average molecular weight is 642 g/mol. The lowest BCUT2D eigenvalue weighted by Gasteiger charge is -2.79. The second-order valence-electron chi connectivity index (χ2n) is 18.0. The van der Waals surface area contributed by atoms with Crippen LogP contribution >= 0.6 is 7.92 Å². The number of morpholine rings is 2. The third kappa shape index (κ3) is 3.62. The van der Waals surface area contributed by atoms with E-state index >= 15 is 0 Å². The molecule has 0 spiro atoms. The lowest BCUT2D eigenvalue weighted by Crippen LogP contribution is -2.86. The first-order valence-electron chi connectivity index (χ1n) is 20.3. The van der Waals surface area contributed by atoms with Crippen LogP contribution in [0.1, 0.15) is 109 Å². The minimum absolute atomic E-state index is 0.117. The molecule has 0 radical (unpaired) electrons. The largest absolute Gasteiger partial charge is 0.372 e. The van der Waals surface area contributed by atoms with E-state index < -0.39 is 0 Å². The summed E-state index contributed by atoms with van der Waals surface area (Å²) in [5, 5.41) is 0. The van der Waals surface area contributed by atoms with Crippen molar-refractivity contribution in [1.29, 1.82) is 0 Å². The molecule has 11 aliphatic rings. The number of anilines is 1. The fraction of sp³-hybridized carbons (Fsp3) is 0.850. The lowest BCUT2D eigenvalue weighted by molar-refractivity contribution is -0.229. The Bertz CT molecular complexity index is 1350. The lowest BCUT2D eigenvalue weighted by atomic mass is 9.63. The van der Waals surface area contributed by atoms with Gasteiger partial charge in [0, 0.05) is 71.0 Å². The van der Waals surface area contributed by atoms with Gasteiger partial charge in [-0.2, -0.15) is 0 Å². The van der Waals surface area contributed by atoms with Crippen molar-refractivity contribution in [2.75, 3.05) is 4.90 Å². The van der Waals surface area contributed by atoms with Gasteiger partial charge in [-0.25, -0.2) is 0 Å². The summed E-state index contributed by atoms with van der Waals surface area (Å²) in [7, 11) is -0.117. The molecule has 6 heteroatoms. The molecule has 5 heterocycles. The number of hydrogen-bond donors (Lipinski definition) is 0. The highest BCUT2D eigenvalue weighted by Gasteiger charge is 2.74. The fourth-order valence-corrected chi connectivity index (χ4v) is 20.7. The smallest absolute Gasteiger partial charge is 0.0742 e. The molecule has 46 heavy (non-hydrogen) atoms. The van der Waals surface area contributed by atoms with E-state index in [0.29, 0.717) is 54.6 Å². The van der Waals surface area contributed by atoms with Crippen molar-refractivity contribution in [3.05, 3.63) is 30.3 Å². The second-order valence-corrected chi connectivity index (χ2v) is 20.6. The van der Waals surface area contributed by atoms with Crippen LogP contribution in [0.15, 0.2) is 30.3 Å². The van der Waals surface area contributed by atoms with Crippen molar-refractivity contribution in [2.45, 2.75) is 199 Å². The second kappa shape index (κ2) is 10.4. The quantitative estimate of drug-likeness (QED) is 0.304. The molecular weight excluding hydrogens is 585 g/mol. The third-order valence-corrected chi connectivity index (χ3v) is 20.5. The van der Waals surface area contributed by atoms with Crippen molar-refractivity contribution in [3.8, 4) is 0 Å². The fourth-order valence-electron chi connectivity index (χ4n) is 15.4. The van der Waals surface area contributed by atoms with E-state index in [1.807, 2.05) is 0 Å². The first kappa shape index (κ1) is 28.0. The van der Waals surface area contributed by atoms with Gasteiger partial charge < -0.3 is 14.4 Å². The zero-order valence-electron chi connectivity index (χ0n) is 27.8. The Morgan fingerprint density at radius 1 is 0.500 bits per heavy atom. The molecule has 1 aromatic rings. The van der Waals surface area contributed by atoms with E-state index in [1.165, 1.54) is 109 Å². The molecular formula is C40H56N3O2P. The molecule has 248 valence electrons. The molecule has 6 aliphatic carbocycles. The van der Waals surface area contributed by atoms with Crippen LogP contribution in [0.2, 0.25) is 0 Å². The maximum absolute atomic E-state index is 7.37. The maximum atomic E-state index is 7.37. The predicted molar refractivity (Wildman–Crippen MR) is 184 cm³/mol. The Kier molecular flexibility index (Phi) is 6.35. The molecule has 18 unspecified atom stereocenters. The molecule has 0 amide bonds. The molecule has 0 N–H and O–H groups in total. The van der Waals surface area contributed by atoms with Crippen molar-refractivity contribution >= 4 is 13.6 Å². The highest BCUT2D eigenvalue weighted by Crippen LogP contribution is 2.75. The maximum Gasteiger partial charge on any atom is 0.0742 e. The van der Waals surface area contributed by atoms with Crippen LogP contribution in [0.25, 0.3) is 0 Å². The Morgan fingerprint density at radius 3 is 1.83 bits per heavy atom. The predicted octanol–water partition coefficient (Wildman–Crippen LogP) is 7.15. The monoisotopic (exact) mass is 641 g/mol. The van der Waals surface area contributed by atoms with Crippen LogP contribution < -0.4 is 4.90 Å². The van der Waals surface area contributed by atoms with Crippen LogP contribution in [-0.2, 0) is 9.47 Å². The van der Waals surface area contributed by atoms with E-state index in [9.17, 15) is 0 Å². The summed E-state index contributed by atoms with van der Waals surface area (Å²) in [6.07, 6.45) is 25.8. The number of benzene rings is 1. The van der Waals surface area contributed by atoms with Crippen molar-refractivity contribution in [2.24, 2.45) is 11.8 Å². The SMILES string of the molecule is c1ccc(N2C3CCC4OC5CCCCC5N5C6CCC7OC8CCCCC8N8C9CC%10CCCCC%10C2C9P(C3C45)C6C78)cc1. The molecule has 1 aromatic carbocycles. The number of nitrogens with zero attached hydrogens (tertiary/aromatic N) is 3. The first-order chi connectivity index (χ1) is 22.8. The van der Waals surface area contributed by atoms with E-state index in [4.69, 9.17) is 9.47 Å². The molecule has 11 fully saturated rings. The van der Waals surface area contributed by atoms with Crippen LogP contribution in [-0.4, -0.2) is 99.5 Å². The van der Waals surface area contributed by atoms with Crippen LogP contribution in [0.4, 0.5) is 5.69 Å². The van der Waals surface area contributed by atoms with Crippen molar-refractivity contribution < 1.29 is 9.47 Å². The van der Waals surface area contributed by atoms with E-state index in [-0.39, 0.29) is 7.92 Å². The van der Waals surface area contributed by atoms with Crippen LogP contribution in [0.5, 0.6) is 0 Å². The van der Waals surface area contributed by atoms with Crippen molar-refractivity contribution in [3.63, 3.8) is 0 Å². The Balaban J connectivity index is 1.08. The molecule has 12 rings (SSSR count). The van der Waals surface area contributed by atoms with Gasteiger partial charge >= 0.3 is 0 Å². The Labute approximate surface area is 278 Å². The number of fused-ring (bicyclic) bond motifs is 8. The van der Waals surface area contributed by atoms with Gasteiger partial charge in [-0.1, -0.05) is 71.1 Å².